The molecule has 0 aliphatic carbocycles. The molecule has 1 aliphatic rings. The Labute approximate surface area is 170 Å². The fourth-order valence-electron chi connectivity index (χ4n) is 3.34. The molecule has 0 spiro atoms. The third kappa shape index (κ3) is 5.26. The molecule has 0 atom stereocenters. The molecule has 154 valence electrons. The third-order valence-electron chi connectivity index (χ3n) is 4.70. The molecule has 28 heavy (non-hydrogen) atoms. The Bertz CT molecular complexity index is 802. The van der Waals surface area contributed by atoms with Gasteiger partial charge in [-0.05, 0) is 51.4 Å². The van der Waals surface area contributed by atoms with Crippen LogP contribution in [-0.2, 0) is 16.2 Å². The van der Waals surface area contributed by atoms with Crippen molar-refractivity contribution < 1.29 is 14.3 Å². The van der Waals surface area contributed by atoms with E-state index in [2.05, 4.69) is 28.1 Å². The largest absolute Gasteiger partial charge is 0.444 e. The normalized spacial score (nSPS) is 15.8. The van der Waals surface area contributed by atoms with E-state index in [1.165, 1.54) is 10.2 Å². The van der Waals surface area contributed by atoms with Gasteiger partial charge in [0.25, 0.3) is 0 Å². The lowest BCUT2D eigenvalue weighted by Crippen LogP contribution is -2.39. The summed E-state index contributed by atoms with van der Waals surface area (Å²) in [6, 6.07) is 7.52. The molecule has 7 nitrogen and oxygen atoms in total. The van der Waals surface area contributed by atoms with Crippen LogP contribution in [0.25, 0.3) is 11.0 Å². The van der Waals surface area contributed by atoms with E-state index in [0.717, 1.165) is 55.4 Å². The van der Waals surface area contributed by atoms with Crippen molar-refractivity contribution in [2.45, 2.75) is 45.6 Å². The average molecular weight is 405 g/mol. The lowest BCUT2D eigenvalue weighted by molar-refractivity contribution is 0.0263. The minimum Gasteiger partial charge on any atom is -0.444 e. The van der Waals surface area contributed by atoms with Crippen molar-refractivity contribution in [1.29, 1.82) is 0 Å². The fraction of sp³-hybridized carbons (Fsp3) is 0.600. The van der Waals surface area contributed by atoms with Gasteiger partial charge in [-0.1, -0.05) is 0 Å². The van der Waals surface area contributed by atoms with Crippen LogP contribution in [0.2, 0.25) is 6.04 Å². The Kier molecular flexibility index (Phi) is 6.61. The zero-order valence-electron chi connectivity index (χ0n) is 17.5. The molecule has 1 saturated heterocycles. The van der Waals surface area contributed by atoms with Crippen molar-refractivity contribution >= 4 is 33.1 Å². The molecular weight excluding hydrogens is 372 g/mol. The number of anilines is 1. The van der Waals surface area contributed by atoms with Crippen LogP contribution < -0.4 is 4.90 Å². The number of ether oxygens (including phenoxy) is 2. The number of aromatic nitrogens is 2. The second kappa shape index (κ2) is 8.96. The number of benzene rings is 1. The molecule has 2 aromatic rings. The summed E-state index contributed by atoms with van der Waals surface area (Å²) >= 11 is 0. The summed E-state index contributed by atoms with van der Waals surface area (Å²) in [5, 5.41) is 0. The predicted molar refractivity (Wildman–Crippen MR) is 115 cm³/mol. The number of fused-ring (bicyclic) bond motifs is 1. The molecule has 0 bridgehead atoms. The van der Waals surface area contributed by atoms with Gasteiger partial charge in [-0.3, -0.25) is 0 Å². The number of hydrogen-bond donors (Lipinski definition) is 0. The summed E-state index contributed by atoms with van der Waals surface area (Å²) in [4.78, 5) is 21.0. The highest BCUT2D eigenvalue weighted by Gasteiger charge is 2.24. The number of hydrogen-bond acceptors (Lipinski definition) is 5. The first kappa shape index (κ1) is 20.7. The van der Waals surface area contributed by atoms with Crippen LogP contribution in [0.15, 0.2) is 24.5 Å². The average Bonchev–Trinajstić information content (AvgIpc) is 2.87. The zero-order chi connectivity index (χ0) is 20.1. The van der Waals surface area contributed by atoms with Gasteiger partial charge in [0.05, 0.1) is 17.4 Å². The van der Waals surface area contributed by atoms with Gasteiger partial charge in [-0.2, -0.15) is 0 Å². The van der Waals surface area contributed by atoms with Gasteiger partial charge >= 0.3 is 6.09 Å². The van der Waals surface area contributed by atoms with Crippen LogP contribution in [0.5, 0.6) is 0 Å². The maximum Gasteiger partial charge on any atom is 0.410 e. The summed E-state index contributed by atoms with van der Waals surface area (Å²) in [7, 11) is 1.17. The monoisotopic (exact) mass is 404 g/mol. The minimum atomic E-state index is -0.463. The van der Waals surface area contributed by atoms with Gasteiger partial charge in [-0.15, -0.1) is 0 Å². The van der Waals surface area contributed by atoms with Crippen LogP contribution in [0, 0.1) is 0 Å². The van der Waals surface area contributed by atoms with Gasteiger partial charge < -0.3 is 23.8 Å². The SMILES string of the molecule is CC(C)(C)OC(=O)N1CCCN(c2ccc3c(c2)ncn3COCC[SiH3])CC1. The van der Waals surface area contributed by atoms with E-state index in [0.29, 0.717) is 13.3 Å². The zero-order valence-corrected chi connectivity index (χ0v) is 19.5. The van der Waals surface area contributed by atoms with Crippen molar-refractivity contribution in [3.8, 4) is 0 Å². The number of imidazole rings is 1. The van der Waals surface area contributed by atoms with Crippen LogP contribution in [0.3, 0.4) is 0 Å². The number of carbonyl (C=O) groups excluding carboxylic acids is 1. The second-order valence-electron chi connectivity index (χ2n) is 8.23. The van der Waals surface area contributed by atoms with Gasteiger partial charge in [0.1, 0.15) is 12.3 Å². The molecule has 0 N–H and O–H groups in total. The molecular formula is C20H32N4O3Si. The molecule has 0 radical (unpaired) electrons. The first-order valence-electron chi connectivity index (χ1n) is 10.1. The van der Waals surface area contributed by atoms with E-state index < -0.39 is 5.60 Å². The third-order valence-corrected chi connectivity index (χ3v) is 5.10. The Morgan fingerprint density at radius 1 is 1.21 bits per heavy atom. The van der Waals surface area contributed by atoms with E-state index in [-0.39, 0.29) is 6.09 Å². The van der Waals surface area contributed by atoms with E-state index in [1.807, 2.05) is 36.6 Å². The summed E-state index contributed by atoms with van der Waals surface area (Å²) in [5.41, 5.74) is 2.74. The predicted octanol–water partition coefficient (Wildman–Crippen LogP) is 2.24. The Balaban J connectivity index is 1.65. The standard InChI is InChI=1S/C20H32N4O3Si/c1-20(2,3)27-19(25)23-8-4-7-22(9-10-23)16-5-6-18-17(13-16)21-14-24(18)15-26-11-12-28/h5-6,13-14H,4,7-12,15H2,1-3,28H3. The molecule has 3 rings (SSSR count). The number of carbonyl (C=O) groups is 1. The summed E-state index contributed by atoms with van der Waals surface area (Å²) in [5.74, 6) is 0. The molecule has 8 heteroatoms. The van der Waals surface area contributed by atoms with Crippen molar-refractivity contribution in [2.24, 2.45) is 0 Å². The van der Waals surface area contributed by atoms with E-state index in [9.17, 15) is 4.79 Å². The molecule has 0 unspecified atom stereocenters. The minimum absolute atomic E-state index is 0.224. The fourth-order valence-corrected chi connectivity index (χ4v) is 3.63. The number of amides is 1. The Morgan fingerprint density at radius 3 is 2.79 bits per heavy atom. The van der Waals surface area contributed by atoms with Gasteiger partial charge in [0.2, 0.25) is 0 Å². The van der Waals surface area contributed by atoms with Crippen LogP contribution in [0.1, 0.15) is 27.2 Å². The maximum atomic E-state index is 12.4. The number of nitrogens with zero attached hydrogens (tertiary/aromatic N) is 4. The molecule has 1 aliphatic heterocycles. The van der Waals surface area contributed by atoms with Gasteiger partial charge in [-0.25, -0.2) is 9.78 Å². The topological polar surface area (TPSA) is 59.8 Å². The molecule has 1 aromatic heterocycles. The molecule has 2 heterocycles. The van der Waals surface area contributed by atoms with Crippen molar-refractivity contribution in [2.75, 3.05) is 37.7 Å². The maximum absolute atomic E-state index is 12.4. The van der Waals surface area contributed by atoms with Gasteiger partial charge in [0, 0.05) is 48.7 Å². The Hall–Kier alpha value is -2.06. The lowest BCUT2D eigenvalue weighted by Gasteiger charge is -2.27. The van der Waals surface area contributed by atoms with Gasteiger partial charge in [0.15, 0.2) is 0 Å². The van der Waals surface area contributed by atoms with E-state index in [1.54, 1.807) is 0 Å². The summed E-state index contributed by atoms with van der Waals surface area (Å²) in [6.07, 6.45) is 2.53. The summed E-state index contributed by atoms with van der Waals surface area (Å²) in [6.45, 7) is 10.1. The van der Waals surface area contributed by atoms with Crippen LogP contribution in [0.4, 0.5) is 10.5 Å². The summed E-state index contributed by atoms with van der Waals surface area (Å²) < 4.78 is 13.2. The quantitative estimate of drug-likeness (QED) is 0.565. The molecule has 0 saturated carbocycles. The lowest BCUT2D eigenvalue weighted by atomic mass is 10.2. The molecule has 1 fully saturated rings. The van der Waals surface area contributed by atoms with Crippen molar-refractivity contribution in [3.05, 3.63) is 24.5 Å². The highest BCUT2D eigenvalue weighted by molar-refractivity contribution is 6.08. The smallest absolute Gasteiger partial charge is 0.410 e. The highest BCUT2D eigenvalue weighted by Crippen LogP contribution is 2.23. The molecule has 1 amide bonds. The first-order chi connectivity index (χ1) is 13.4. The molecule has 1 aromatic carbocycles. The highest BCUT2D eigenvalue weighted by atomic mass is 28.1. The van der Waals surface area contributed by atoms with Crippen LogP contribution in [-0.4, -0.2) is 69.2 Å². The first-order valence-corrected chi connectivity index (χ1v) is 11.5. The van der Waals surface area contributed by atoms with Crippen molar-refractivity contribution in [1.82, 2.24) is 14.5 Å². The second-order valence-corrected chi connectivity index (χ2v) is 9.23. The Morgan fingerprint density at radius 2 is 2.04 bits per heavy atom. The van der Waals surface area contributed by atoms with Crippen LogP contribution >= 0.6 is 0 Å². The van der Waals surface area contributed by atoms with E-state index >= 15 is 0 Å². The van der Waals surface area contributed by atoms with E-state index in [4.69, 9.17) is 9.47 Å². The number of rotatable bonds is 5. The van der Waals surface area contributed by atoms with Crippen molar-refractivity contribution in [3.63, 3.8) is 0 Å².